The van der Waals surface area contributed by atoms with Crippen molar-refractivity contribution in [2.75, 3.05) is 30.7 Å². The molecule has 46 heavy (non-hydrogen) atoms. The zero-order valence-corrected chi connectivity index (χ0v) is 25.8. The van der Waals surface area contributed by atoms with E-state index in [-0.39, 0.29) is 29.0 Å². The second kappa shape index (κ2) is 13.1. The van der Waals surface area contributed by atoms with Gasteiger partial charge in [0.2, 0.25) is 11.9 Å². The van der Waals surface area contributed by atoms with Gasteiger partial charge in [-0.3, -0.25) is 14.1 Å². The zero-order chi connectivity index (χ0) is 33.1. The predicted octanol–water partition coefficient (Wildman–Crippen LogP) is -0.462. The van der Waals surface area contributed by atoms with E-state index in [0.717, 1.165) is 22.1 Å². The largest absolute Gasteiger partial charge is 0.489 e. The molecule has 4 heterocycles. The van der Waals surface area contributed by atoms with Crippen LogP contribution in [0.3, 0.4) is 0 Å². The first-order valence-electron chi connectivity index (χ1n) is 13.3. The molecular weight excluding hydrogens is 648 g/mol. The van der Waals surface area contributed by atoms with Crippen LogP contribution >= 0.6 is 11.3 Å². The second-order valence-electron chi connectivity index (χ2n) is 10.1. The van der Waals surface area contributed by atoms with Gasteiger partial charge in [0, 0.05) is 30.1 Å². The fraction of sp³-hybridized carbons (Fsp3) is 0.333. The molecule has 1 aliphatic heterocycles. The lowest BCUT2D eigenvalue weighted by Gasteiger charge is -2.50. The highest BCUT2D eigenvalue weighted by molar-refractivity contribution is 7.80. The van der Waals surface area contributed by atoms with Gasteiger partial charge in [0.05, 0.1) is 5.54 Å². The molecule has 1 aromatic carbocycles. The first-order chi connectivity index (χ1) is 21.9. The number of pyridine rings is 1. The highest BCUT2D eigenvalue weighted by Gasteiger charge is 2.58. The van der Waals surface area contributed by atoms with Crippen LogP contribution in [0.1, 0.15) is 31.5 Å². The van der Waals surface area contributed by atoms with Gasteiger partial charge in [-0.15, -0.1) is 25.8 Å². The minimum Gasteiger partial charge on any atom is -0.489 e. The van der Waals surface area contributed by atoms with Crippen LogP contribution in [0, 0.1) is 0 Å². The summed E-state index contributed by atoms with van der Waals surface area (Å²) in [6, 6.07) is 5.91. The van der Waals surface area contributed by atoms with E-state index in [1.165, 1.54) is 19.2 Å². The number of aromatic amines is 1. The summed E-state index contributed by atoms with van der Waals surface area (Å²) in [5, 5.41) is 27.1. The topological polar surface area (TPSA) is 288 Å². The van der Waals surface area contributed by atoms with Gasteiger partial charge in [0.25, 0.3) is 11.8 Å². The van der Waals surface area contributed by atoms with Gasteiger partial charge in [0.15, 0.2) is 10.8 Å². The van der Waals surface area contributed by atoms with E-state index in [1.807, 2.05) is 12.1 Å². The van der Waals surface area contributed by atoms with Crippen molar-refractivity contribution in [3.05, 3.63) is 47.4 Å². The van der Waals surface area contributed by atoms with E-state index in [4.69, 9.17) is 25.6 Å². The van der Waals surface area contributed by atoms with Crippen molar-refractivity contribution in [1.82, 2.24) is 41.0 Å². The number of H-pyrrole nitrogens is 1. The van der Waals surface area contributed by atoms with Crippen LogP contribution < -0.4 is 26.8 Å². The molecule has 0 saturated carbocycles. The van der Waals surface area contributed by atoms with Crippen LogP contribution in [0.4, 0.5) is 10.9 Å². The number of β-lactam (4-membered cyclic amide) rings is 1. The molecule has 1 fully saturated rings. The van der Waals surface area contributed by atoms with Crippen LogP contribution in [0.2, 0.25) is 0 Å². The Bertz CT molecular complexity index is 1870. The number of nitrogens with two attached hydrogens (primary N) is 2. The summed E-state index contributed by atoms with van der Waals surface area (Å²) >= 11 is 1.02. The molecule has 22 heteroatoms. The minimum atomic E-state index is -4.99. The number of nitrogens with zero attached hydrogens (tertiary/aromatic N) is 7. The SMILES string of the molecule is CC1(C)[C@H](NC(=O)/C(=N\O[C@@H](COc2ccc3c(NCCN)nccc3c2)c2nn[nH]n2)c2csc(N)n2)C(=O)N1OS(=O)(=O)O. The Kier molecular flexibility index (Phi) is 9.24. The third kappa shape index (κ3) is 7.10. The van der Waals surface area contributed by atoms with Gasteiger partial charge in [-0.2, -0.15) is 18.7 Å². The maximum atomic E-state index is 13.4. The second-order valence-corrected chi connectivity index (χ2v) is 12.0. The lowest BCUT2D eigenvalue weighted by molar-refractivity contribution is -0.218. The number of rotatable bonds is 14. The van der Waals surface area contributed by atoms with Gasteiger partial charge in [0.1, 0.15) is 29.9 Å². The minimum absolute atomic E-state index is 0.0191. The van der Waals surface area contributed by atoms with Crippen molar-refractivity contribution < 1.29 is 36.4 Å². The number of carbonyl (C=O) groups is 2. The molecule has 2 amide bonds. The molecule has 20 nitrogen and oxygen atoms in total. The summed E-state index contributed by atoms with van der Waals surface area (Å²) in [6.07, 6.45) is 0.563. The predicted molar refractivity (Wildman–Crippen MR) is 161 cm³/mol. The smallest absolute Gasteiger partial charge is 0.418 e. The molecule has 5 rings (SSSR count). The number of amides is 2. The third-order valence-corrected chi connectivity index (χ3v) is 7.61. The van der Waals surface area contributed by atoms with Crippen LogP contribution in [0.15, 0.2) is 41.0 Å². The normalized spacial score (nSPS) is 17.0. The molecule has 8 N–H and O–H groups in total. The Morgan fingerprint density at radius 3 is 2.78 bits per heavy atom. The number of benzene rings is 1. The molecule has 244 valence electrons. The maximum Gasteiger partial charge on any atom is 0.418 e. The fourth-order valence-electron chi connectivity index (χ4n) is 4.34. The summed E-state index contributed by atoms with van der Waals surface area (Å²) in [7, 11) is -4.99. The van der Waals surface area contributed by atoms with Crippen molar-refractivity contribution in [2.45, 2.75) is 31.5 Å². The number of aromatic nitrogens is 6. The van der Waals surface area contributed by atoms with Crippen LogP contribution in [-0.4, -0.2) is 97.4 Å². The Hall–Kier alpha value is -5.03. The van der Waals surface area contributed by atoms with E-state index in [2.05, 4.69) is 50.7 Å². The van der Waals surface area contributed by atoms with Crippen molar-refractivity contribution in [1.29, 1.82) is 0 Å². The third-order valence-electron chi connectivity index (χ3n) is 6.60. The van der Waals surface area contributed by atoms with E-state index < -0.39 is 39.9 Å². The summed E-state index contributed by atoms with van der Waals surface area (Å²) < 4.78 is 41.6. The lowest BCUT2D eigenvalue weighted by atomic mass is 9.84. The summed E-state index contributed by atoms with van der Waals surface area (Å²) in [5.74, 6) is -0.667. The van der Waals surface area contributed by atoms with E-state index in [9.17, 15) is 18.0 Å². The fourth-order valence-corrected chi connectivity index (χ4v) is 5.35. The number of oxime groups is 1. The number of tetrazole rings is 1. The van der Waals surface area contributed by atoms with E-state index in [0.29, 0.717) is 29.7 Å². The van der Waals surface area contributed by atoms with Gasteiger partial charge in [-0.25, -0.2) is 9.97 Å². The van der Waals surface area contributed by atoms with Crippen molar-refractivity contribution in [3.63, 3.8) is 0 Å². The molecule has 0 spiro atoms. The Morgan fingerprint density at radius 1 is 1.33 bits per heavy atom. The zero-order valence-electron chi connectivity index (χ0n) is 24.1. The molecule has 0 bridgehead atoms. The molecule has 0 aliphatic carbocycles. The number of anilines is 2. The standard InChI is InChI=1S/C24H28N12O8S2/c1-24(2)18(22(38)36(24)44-46(39,40)41)30-21(37)17(15-11-45-23(26)29-15)33-43-16(20-31-34-35-32-20)10-42-13-3-4-14-12(9-13)5-7-27-19(14)28-8-6-25/h3-5,7,9,11,16,18H,6,8,10,25H2,1-2H3,(H2,26,29)(H,27,28)(H,30,37)(H,39,40,41)(H,31,32,34,35)/b33-17-/t16-,18+/m0/s1. The van der Waals surface area contributed by atoms with E-state index >= 15 is 0 Å². The average molecular weight is 677 g/mol. The summed E-state index contributed by atoms with van der Waals surface area (Å²) in [5.41, 5.74) is 9.62. The van der Waals surface area contributed by atoms with Crippen molar-refractivity contribution in [2.24, 2.45) is 10.9 Å². The van der Waals surface area contributed by atoms with Crippen LogP contribution in [-0.2, 0) is 29.1 Å². The number of hydroxylamine groups is 2. The quantitative estimate of drug-likeness (QED) is 0.0426. The van der Waals surface area contributed by atoms with Gasteiger partial charge in [-0.05, 0) is 43.5 Å². The number of nitrogens with one attached hydrogen (secondary N) is 3. The van der Waals surface area contributed by atoms with Gasteiger partial charge in [-0.1, -0.05) is 10.4 Å². The molecule has 1 saturated heterocycles. The number of hydrogen-bond acceptors (Lipinski definition) is 17. The van der Waals surface area contributed by atoms with Crippen molar-refractivity contribution >= 4 is 61.0 Å². The van der Waals surface area contributed by atoms with Crippen LogP contribution in [0.5, 0.6) is 5.75 Å². The molecule has 2 atom stereocenters. The molecular formula is C24H28N12O8S2. The Labute approximate surface area is 264 Å². The highest BCUT2D eigenvalue weighted by Crippen LogP contribution is 2.33. The number of carbonyl (C=O) groups excluding carboxylic acids is 2. The maximum absolute atomic E-state index is 13.4. The monoisotopic (exact) mass is 676 g/mol. The van der Waals surface area contributed by atoms with Crippen molar-refractivity contribution in [3.8, 4) is 5.75 Å². The summed E-state index contributed by atoms with van der Waals surface area (Å²) in [6.45, 7) is 3.63. The lowest BCUT2D eigenvalue weighted by Crippen LogP contribution is -2.76. The molecule has 3 aromatic heterocycles. The number of nitrogen functional groups attached to an aromatic ring is 1. The Balaban J connectivity index is 1.35. The Morgan fingerprint density at radius 2 is 2.13 bits per heavy atom. The van der Waals surface area contributed by atoms with Gasteiger partial charge < -0.3 is 31.7 Å². The molecule has 1 aliphatic rings. The molecule has 0 radical (unpaired) electrons. The first kappa shape index (κ1) is 32.4. The number of ether oxygens (including phenoxy) is 1. The molecule has 0 unspecified atom stereocenters. The first-order valence-corrected chi connectivity index (χ1v) is 15.6. The summed E-state index contributed by atoms with van der Waals surface area (Å²) in [4.78, 5) is 40.1. The number of thiazole rings is 1. The van der Waals surface area contributed by atoms with E-state index in [1.54, 1.807) is 18.3 Å². The number of fused-ring (bicyclic) bond motifs is 1. The number of hydrogen-bond donors (Lipinski definition) is 6. The van der Waals surface area contributed by atoms with Crippen LogP contribution in [0.25, 0.3) is 10.8 Å². The van der Waals surface area contributed by atoms with Gasteiger partial charge >= 0.3 is 10.4 Å². The highest BCUT2D eigenvalue weighted by atomic mass is 32.3. The molecule has 4 aromatic rings. The average Bonchev–Trinajstić information content (AvgIpc) is 3.71.